The van der Waals surface area contributed by atoms with Gasteiger partial charge in [-0.1, -0.05) is 86.5 Å². The average Bonchev–Trinajstić information content (AvgIpc) is 1.66. The maximum atomic E-state index is 14.8. The lowest BCUT2D eigenvalue weighted by molar-refractivity contribution is -0.136. The third-order valence-electron chi connectivity index (χ3n) is 15.0. The van der Waals surface area contributed by atoms with Crippen molar-refractivity contribution in [1.82, 2.24) is 31.9 Å². The van der Waals surface area contributed by atoms with Crippen molar-refractivity contribution in [1.29, 1.82) is 0 Å². The summed E-state index contributed by atoms with van der Waals surface area (Å²) in [5.41, 5.74) is 13.8. The first-order valence-electron chi connectivity index (χ1n) is 32.2. The minimum atomic E-state index is -1.10. The average molecular weight is 1540 g/mol. The largest absolute Gasteiger partial charge is 0.497 e. The van der Waals surface area contributed by atoms with E-state index in [4.69, 9.17) is 44.8 Å². The molecular formula is C70H93BBr2F2N10O16. The lowest BCUT2D eigenvalue weighted by atomic mass is 9.78. The number of carbonyl (C=O) groups excluding carboxylic acids is 8. The Hall–Kier alpha value is -8.75. The first kappa shape index (κ1) is 84.7. The number of halogens is 4. The van der Waals surface area contributed by atoms with Crippen LogP contribution in [0.5, 0.6) is 0 Å². The number of hydrogen-bond donors (Lipinski definition) is 9. The molecule has 5 atom stereocenters. The second-order valence-electron chi connectivity index (χ2n) is 26.5. The lowest BCUT2D eigenvalue weighted by Crippen LogP contribution is -2.41. The maximum Gasteiger partial charge on any atom is 0.497 e. The van der Waals surface area contributed by atoms with Gasteiger partial charge in [-0.3, -0.25) is 33.8 Å². The van der Waals surface area contributed by atoms with Crippen LogP contribution in [0.4, 0.5) is 39.3 Å². The number of cyclic esters (lactones) is 2. The highest BCUT2D eigenvalue weighted by Crippen LogP contribution is 2.37. The highest BCUT2D eigenvalue weighted by atomic mass is 79.9. The molecular weight excluding hydrogens is 1450 g/mol. The van der Waals surface area contributed by atoms with Crippen molar-refractivity contribution < 1.29 is 85.3 Å². The number of carboxylic acids is 1. The standard InChI is InChI=1S/C22H25FN4O4.C18H24BFN2O5.C15H21BrN2O3.C8H10BrN.C7H13NO4/c1-13(26-21(29)10-24)15-3-5-16(6-4-15)19-8-7-17(9-20(19)23)27-12-18(31-22(27)30)11-25-14(2)28;1-11(23)21-9-13-10-22(16(24)25-13)12-6-7-14(15(20)8-12)19-26-17(2,3)18(4,5)27-19;1-10(11-5-7-12(16)8-6-11)18-13(19)9-17-14(20)21-15(2,3)4;1-6(10)7-2-4-8(9)5-3-7;1-7(2,3)12-6(11)8-4-5(9)10/h3-9,13,18H,10-12,24H2,1-2H3,(H,25,28)(H,26,29);6-8,13H,9-10H2,1-5H3,(H,21,23);5-8,10H,9H2,1-4H3,(H,17,20)(H,18,19);2-6H,10H2,1H3;4H2,1-3H3,(H,8,11)(H,9,10)/t13?,18-;13-;;;/m00.../s1. The van der Waals surface area contributed by atoms with Crippen LogP contribution in [-0.2, 0) is 52.2 Å². The summed E-state index contributed by atoms with van der Waals surface area (Å²) in [6, 6.07) is 31.7. The summed E-state index contributed by atoms with van der Waals surface area (Å²) >= 11 is 6.72. The summed E-state index contributed by atoms with van der Waals surface area (Å²) in [5.74, 6) is -3.04. The van der Waals surface area contributed by atoms with Crippen molar-refractivity contribution >= 4 is 110 Å². The van der Waals surface area contributed by atoms with Crippen LogP contribution in [0.3, 0.4) is 0 Å². The van der Waals surface area contributed by atoms with Gasteiger partial charge in [0, 0.05) is 39.9 Å². The Balaban J connectivity index is 0.000000283. The number of ether oxygens (including phenoxy) is 4. The highest BCUT2D eigenvalue weighted by Gasteiger charge is 2.52. The molecule has 8 amide bonds. The van der Waals surface area contributed by atoms with Gasteiger partial charge in [-0.25, -0.2) is 28.0 Å². The molecule has 5 aromatic carbocycles. The highest BCUT2D eigenvalue weighted by molar-refractivity contribution is 9.10. The lowest BCUT2D eigenvalue weighted by Gasteiger charge is -2.32. The summed E-state index contributed by atoms with van der Waals surface area (Å²) in [5, 5.41) is 23.5. The van der Waals surface area contributed by atoms with Gasteiger partial charge in [-0.05, 0) is 167 Å². The van der Waals surface area contributed by atoms with Crippen LogP contribution >= 0.6 is 31.9 Å². The fourth-order valence-corrected chi connectivity index (χ4v) is 9.63. The molecule has 5 aromatic rings. The predicted octanol–water partition coefficient (Wildman–Crippen LogP) is 9.89. The maximum absolute atomic E-state index is 14.8. The Morgan fingerprint density at radius 1 is 0.604 bits per heavy atom. The van der Waals surface area contributed by atoms with Crippen molar-refractivity contribution in [3.8, 4) is 11.1 Å². The number of nitrogens with two attached hydrogens (primary N) is 2. The van der Waals surface area contributed by atoms with Gasteiger partial charge in [0.25, 0.3) is 0 Å². The topological polar surface area (TPSA) is 360 Å². The molecule has 0 spiro atoms. The van der Waals surface area contributed by atoms with Crippen LogP contribution in [-0.4, -0.2) is 147 Å². The molecule has 3 heterocycles. The third kappa shape index (κ3) is 29.0. The van der Waals surface area contributed by atoms with Gasteiger partial charge < -0.3 is 76.7 Å². The van der Waals surface area contributed by atoms with E-state index in [0.29, 0.717) is 22.5 Å². The second kappa shape index (κ2) is 38.3. The summed E-state index contributed by atoms with van der Waals surface area (Å²) in [4.78, 5) is 104. The van der Waals surface area contributed by atoms with Gasteiger partial charge in [0.15, 0.2) is 0 Å². The fraction of sp³-hybridized carbons (Fsp3) is 0.443. The van der Waals surface area contributed by atoms with Gasteiger partial charge >= 0.3 is 37.5 Å². The van der Waals surface area contributed by atoms with Crippen LogP contribution < -0.4 is 58.6 Å². The van der Waals surface area contributed by atoms with Crippen LogP contribution in [0.2, 0.25) is 0 Å². The molecule has 3 unspecified atom stereocenters. The van der Waals surface area contributed by atoms with E-state index in [-0.39, 0.29) is 86.5 Å². The van der Waals surface area contributed by atoms with E-state index in [1.807, 2.05) is 109 Å². The quantitative estimate of drug-likeness (QED) is 0.0291. The van der Waals surface area contributed by atoms with Crippen LogP contribution in [0, 0.1) is 11.6 Å². The van der Waals surface area contributed by atoms with Crippen molar-refractivity contribution in [3.63, 3.8) is 0 Å². The Bertz CT molecular complexity index is 3640. The van der Waals surface area contributed by atoms with E-state index >= 15 is 0 Å². The Labute approximate surface area is 605 Å². The molecule has 26 nitrogen and oxygen atoms in total. The van der Waals surface area contributed by atoms with E-state index in [9.17, 15) is 51.9 Å². The predicted molar refractivity (Wildman–Crippen MR) is 386 cm³/mol. The summed E-state index contributed by atoms with van der Waals surface area (Å²) in [6.07, 6.45) is -3.45. The van der Waals surface area contributed by atoms with Crippen LogP contribution in [0.25, 0.3) is 11.1 Å². The molecule has 3 aliphatic rings. The second-order valence-corrected chi connectivity index (χ2v) is 28.3. The van der Waals surface area contributed by atoms with Crippen LogP contribution in [0.1, 0.15) is 139 Å². The number of rotatable bonds is 18. The Morgan fingerprint density at radius 2 is 1.00 bits per heavy atom. The van der Waals surface area contributed by atoms with Gasteiger partial charge in [0.05, 0.1) is 67.4 Å². The molecule has 101 heavy (non-hydrogen) atoms. The third-order valence-corrected chi connectivity index (χ3v) is 16.0. The number of aliphatic carboxylic acids is 1. The number of benzene rings is 5. The molecule has 0 aliphatic carbocycles. The fourth-order valence-electron chi connectivity index (χ4n) is 9.10. The zero-order valence-electron chi connectivity index (χ0n) is 59.4. The zero-order valence-corrected chi connectivity index (χ0v) is 62.6. The molecule has 0 aromatic heterocycles. The number of anilines is 2. The summed E-state index contributed by atoms with van der Waals surface area (Å²) in [6.45, 7) is 26.7. The number of alkyl carbamates (subject to hydrolysis) is 2. The molecule has 0 radical (unpaired) electrons. The number of carbonyl (C=O) groups is 9. The van der Waals surface area contributed by atoms with E-state index in [0.717, 1.165) is 20.1 Å². The smallest absolute Gasteiger partial charge is 0.480 e. The summed E-state index contributed by atoms with van der Waals surface area (Å²) < 4.78 is 63.7. The number of nitrogens with one attached hydrogen (secondary N) is 6. The van der Waals surface area contributed by atoms with E-state index in [1.165, 1.54) is 41.3 Å². The molecule has 550 valence electrons. The first-order valence-corrected chi connectivity index (χ1v) is 33.8. The van der Waals surface area contributed by atoms with Gasteiger partial charge in [-0.15, -0.1) is 0 Å². The molecule has 3 saturated heterocycles. The molecule has 31 heteroatoms. The van der Waals surface area contributed by atoms with Crippen molar-refractivity contribution in [3.05, 3.63) is 146 Å². The van der Waals surface area contributed by atoms with Gasteiger partial charge in [-0.2, -0.15) is 0 Å². The van der Waals surface area contributed by atoms with Crippen molar-refractivity contribution in [2.75, 3.05) is 55.6 Å². The normalized spacial score (nSPS) is 16.5. The van der Waals surface area contributed by atoms with E-state index in [1.54, 1.807) is 77.9 Å². The minimum absolute atomic E-state index is 0.0848. The molecule has 11 N–H and O–H groups in total. The molecule has 0 bridgehead atoms. The molecule has 0 saturated carbocycles. The van der Waals surface area contributed by atoms with Crippen molar-refractivity contribution in [2.24, 2.45) is 11.5 Å². The minimum Gasteiger partial charge on any atom is -0.480 e. The summed E-state index contributed by atoms with van der Waals surface area (Å²) in [7, 11) is -0.818. The van der Waals surface area contributed by atoms with E-state index < -0.39 is 90.3 Å². The molecule has 8 rings (SSSR count). The van der Waals surface area contributed by atoms with Gasteiger partial charge in [0.1, 0.15) is 48.1 Å². The number of carboxylic acid groups (broad SMARTS) is 1. The Kier molecular flexibility index (Phi) is 32.1. The van der Waals surface area contributed by atoms with Crippen LogP contribution in [0.15, 0.2) is 118 Å². The van der Waals surface area contributed by atoms with Crippen molar-refractivity contribution in [2.45, 2.75) is 157 Å². The van der Waals surface area contributed by atoms with E-state index in [2.05, 4.69) is 63.8 Å². The molecule has 3 aliphatic heterocycles. The van der Waals surface area contributed by atoms with Gasteiger partial charge in [0.2, 0.25) is 23.6 Å². The first-order chi connectivity index (χ1) is 47.0. The zero-order chi connectivity index (χ0) is 75.9. The number of hydrogen-bond acceptors (Lipinski definition) is 17. The Morgan fingerprint density at radius 3 is 1.39 bits per heavy atom. The number of nitrogens with zero attached hydrogens (tertiary/aromatic N) is 2. The molecule has 3 fully saturated rings. The number of amides is 8. The monoisotopic (exact) mass is 1540 g/mol. The SMILES string of the molecule is CC(=O)NC[C@H]1CN(c2ccc(-c3ccc(C(C)NC(=O)CN)cc3)c(F)c2)C(=O)O1.CC(=O)NC[C@H]1CN(c2ccc(B3OC(C)(C)C(C)(C)O3)c(F)c2)C(=O)O1.CC(C)(C)OC(=O)NCC(=O)O.CC(N)c1ccc(Br)cc1.CC(NC(=O)CNC(=O)OC(C)(C)C)c1ccc(Br)cc1.